The van der Waals surface area contributed by atoms with E-state index in [9.17, 15) is 10.2 Å². The van der Waals surface area contributed by atoms with E-state index in [1.807, 2.05) is 26.8 Å². The Labute approximate surface area is 184 Å². The molecule has 2 aromatic rings. The summed E-state index contributed by atoms with van der Waals surface area (Å²) in [5.41, 5.74) is 0.834. The Balaban J connectivity index is 0.000000311. The van der Waals surface area contributed by atoms with Crippen LogP contribution in [0.4, 0.5) is 0 Å². The Hall–Kier alpha value is -3.22. The van der Waals surface area contributed by atoms with Gasteiger partial charge in [0.2, 0.25) is 0 Å². The molecule has 0 aliphatic heterocycles. The maximum atomic E-state index is 9.43. The second-order valence-electron chi connectivity index (χ2n) is 7.24. The fraction of sp³-hybridized carbons (Fsp3) is 0.417. The van der Waals surface area contributed by atoms with Crippen molar-refractivity contribution in [3.8, 4) is 28.7 Å². The van der Waals surface area contributed by atoms with Crippen molar-refractivity contribution in [1.82, 2.24) is 0 Å². The van der Waals surface area contributed by atoms with Gasteiger partial charge in [0.05, 0.1) is 12.1 Å². The zero-order valence-corrected chi connectivity index (χ0v) is 18.9. The van der Waals surface area contributed by atoms with E-state index in [0.717, 1.165) is 24.8 Å². The smallest absolute Gasteiger partial charge is 0.176 e. The molecule has 2 aromatic carbocycles. The lowest BCUT2D eigenvalue weighted by Gasteiger charge is -2.04. The van der Waals surface area contributed by atoms with Crippen LogP contribution >= 0.6 is 0 Å². The van der Waals surface area contributed by atoms with Gasteiger partial charge < -0.3 is 24.8 Å². The van der Waals surface area contributed by atoms with Crippen LogP contribution in [-0.2, 0) is 0 Å². The predicted octanol–water partition coefficient (Wildman–Crippen LogP) is 5.60. The minimum absolute atomic E-state index is 0.163. The summed E-state index contributed by atoms with van der Waals surface area (Å²) in [7, 11) is 0. The molecule has 7 nitrogen and oxygen atoms in total. The van der Waals surface area contributed by atoms with E-state index in [-0.39, 0.29) is 29.3 Å². The van der Waals surface area contributed by atoms with Gasteiger partial charge in [-0.3, -0.25) is 9.98 Å². The van der Waals surface area contributed by atoms with E-state index in [0.29, 0.717) is 11.5 Å². The largest absolute Gasteiger partial charge is 0.508 e. The number of aryl methyl sites for hydroxylation is 1. The molecule has 0 saturated carbocycles. The van der Waals surface area contributed by atoms with Gasteiger partial charge in [0.25, 0.3) is 0 Å². The second-order valence-corrected chi connectivity index (χ2v) is 7.24. The van der Waals surface area contributed by atoms with Crippen LogP contribution in [0.1, 0.15) is 52.5 Å². The number of hydrogen-bond acceptors (Lipinski definition) is 7. The third-order valence-corrected chi connectivity index (χ3v) is 4.43. The number of hydrogen-bond donors (Lipinski definition) is 3. The van der Waals surface area contributed by atoms with Crippen LogP contribution in [0.25, 0.3) is 0 Å². The average molecular weight is 431 g/mol. The first-order valence-corrected chi connectivity index (χ1v) is 10.4. The van der Waals surface area contributed by atoms with Crippen LogP contribution in [0.3, 0.4) is 0 Å². The van der Waals surface area contributed by atoms with E-state index < -0.39 is 0 Å². The van der Waals surface area contributed by atoms with Gasteiger partial charge in [-0.15, -0.1) is 0 Å². The molecule has 2 atom stereocenters. The maximum Gasteiger partial charge on any atom is 0.176 e. The second kappa shape index (κ2) is 13.9. The van der Waals surface area contributed by atoms with Crippen molar-refractivity contribution in [2.45, 2.75) is 66.0 Å². The Morgan fingerprint density at radius 3 is 1.87 bits per heavy atom. The fourth-order valence-electron chi connectivity index (χ4n) is 2.23. The Morgan fingerprint density at radius 2 is 1.35 bits per heavy atom. The lowest BCUT2D eigenvalue weighted by atomic mass is 10.2. The van der Waals surface area contributed by atoms with Gasteiger partial charge in [0.1, 0.15) is 17.2 Å². The van der Waals surface area contributed by atoms with Crippen LogP contribution in [0.5, 0.6) is 28.7 Å². The van der Waals surface area contributed by atoms with Gasteiger partial charge >= 0.3 is 0 Å². The van der Waals surface area contributed by atoms with Crippen molar-refractivity contribution in [1.29, 1.82) is 0 Å². The SMILES string of the molecule is CCC(C)N=COc1ccc(C)c(O)c1.CCCC(C)N=COc1ccc(O)c(O)c1. The summed E-state index contributed by atoms with van der Waals surface area (Å²) in [5.74, 6) is 0.925. The number of aromatic hydroxyl groups is 3. The van der Waals surface area contributed by atoms with E-state index in [4.69, 9.17) is 14.6 Å². The van der Waals surface area contributed by atoms with Crippen molar-refractivity contribution < 1.29 is 24.8 Å². The zero-order chi connectivity index (χ0) is 23.2. The molecule has 0 aliphatic carbocycles. The Kier molecular flexibility index (Phi) is 11.6. The first kappa shape index (κ1) is 25.8. The van der Waals surface area contributed by atoms with E-state index in [1.54, 1.807) is 18.2 Å². The average Bonchev–Trinajstić information content (AvgIpc) is 2.74. The summed E-state index contributed by atoms with van der Waals surface area (Å²) in [6.07, 6.45) is 5.88. The number of benzene rings is 2. The van der Waals surface area contributed by atoms with Gasteiger partial charge in [-0.05, 0) is 57.4 Å². The first-order valence-electron chi connectivity index (χ1n) is 10.4. The van der Waals surface area contributed by atoms with Crippen molar-refractivity contribution in [2.24, 2.45) is 9.98 Å². The maximum absolute atomic E-state index is 9.43. The molecule has 0 fully saturated rings. The number of rotatable bonds is 9. The highest BCUT2D eigenvalue weighted by Crippen LogP contribution is 2.28. The lowest BCUT2D eigenvalue weighted by molar-refractivity contribution is 0.401. The number of nitrogens with zero attached hydrogens (tertiary/aromatic N) is 2. The van der Waals surface area contributed by atoms with Crippen molar-refractivity contribution in [3.63, 3.8) is 0 Å². The van der Waals surface area contributed by atoms with E-state index in [1.165, 1.54) is 24.9 Å². The minimum atomic E-state index is -0.201. The highest BCUT2D eigenvalue weighted by molar-refractivity contribution is 5.54. The summed E-state index contributed by atoms with van der Waals surface area (Å²) in [6.45, 7) is 10.0. The van der Waals surface area contributed by atoms with Crippen LogP contribution in [0.2, 0.25) is 0 Å². The molecule has 7 heteroatoms. The number of aliphatic imine (C=N–C) groups is 2. The quantitative estimate of drug-likeness (QED) is 0.273. The summed E-state index contributed by atoms with van der Waals surface area (Å²) < 4.78 is 10.5. The van der Waals surface area contributed by atoms with Gasteiger partial charge in [0.15, 0.2) is 24.3 Å². The molecule has 2 unspecified atom stereocenters. The molecule has 31 heavy (non-hydrogen) atoms. The summed E-state index contributed by atoms with van der Waals surface area (Å²) in [6, 6.07) is 9.96. The molecule has 0 amide bonds. The number of ether oxygens (including phenoxy) is 2. The molecule has 0 heterocycles. The first-order chi connectivity index (χ1) is 14.8. The Morgan fingerprint density at radius 1 is 0.806 bits per heavy atom. The van der Waals surface area contributed by atoms with Crippen molar-refractivity contribution in [3.05, 3.63) is 42.0 Å². The molecule has 0 bridgehead atoms. The highest BCUT2D eigenvalue weighted by Gasteiger charge is 2.01. The molecular formula is C24H34N2O5. The molecule has 3 N–H and O–H groups in total. The molecule has 0 spiro atoms. The summed E-state index contributed by atoms with van der Waals surface area (Å²) in [4.78, 5) is 8.33. The predicted molar refractivity (Wildman–Crippen MR) is 125 cm³/mol. The Bertz CT molecular complexity index is 852. The molecular weight excluding hydrogens is 396 g/mol. The monoisotopic (exact) mass is 430 g/mol. The van der Waals surface area contributed by atoms with Gasteiger partial charge in [0, 0.05) is 12.1 Å². The molecule has 0 radical (unpaired) electrons. The van der Waals surface area contributed by atoms with Crippen molar-refractivity contribution >= 4 is 12.8 Å². The lowest BCUT2D eigenvalue weighted by Crippen LogP contribution is -1.99. The van der Waals surface area contributed by atoms with Crippen LogP contribution in [0, 0.1) is 6.92 Å². The summed E-state index contributed by atoms with van der Waals surface area (Å²) >= 11 is 0. The number of phenols is 3. The highest BCUT2D eigenvalue weighted by atomic mass is 16.5. The van der Waals surface area contributed by atoms with Crippen LogP contribution in [-0.4, -0.2) is 40.2 Å². The molecule has 170 valence electrons. The van der Waals surface area contributed by atoms with Crippen molar-refractivity contribution in [2.75, 3.05) is 0 Å². The topological polar surface area (TPSA) is 104 Å². The normalized spacial score (nSPS) is 12.9. The van der Waals surface area contributed by atoms with Crippen LogP contribution in [0.15, 0.2) is 46.4 Å². The minimum Gasteiger partial charge on any atom is -0.508 e. The fourth-order valence-corrected chi connectivity index (χ4v) is 2.23. The number of phenolic OH excluding ortho intramolecular Hbond substituents is 3. The zero-order valence-electron chi connectivity index (χ0n) is 18.9. The van der Waals surface area contributed by atoms with Gasteiger partial charge in [-0.2, -0.15) is 0 Å². The van der Waals surface area contributed by atoms with Gasteiger partial charge in [-0.25, -0.2) is 0 Å². The third kappa shape index (κ3) is 10.4. The van der Waals surface area contributed by atoms with E-state index >= 15 is 0 Å². The molecule has 0 aliphatic rings. The third-order valence-electron chi connectivity index (χ3n) is 4.43. The standard InChI is InChI=1S/C12H17NO3.C12H17NO2/c1-3-4-9(2)13-8-16-10-5-6-11(14)12(15)7-10;1-4-10(3)13-8-15-11-6-5-9(2)12(14)7-11/h5-9,14-15H,3-4H2,1-2H3;5-8,10,14H,4H2,1-3H3. The van der Waals surface area contributed by atoms with Gasteiger partial charge in [-0.1, -0.05) is 26.3 Å². The van der Waals surface area contributed by atoms with Crippen LogP contribution < -0.4 is 9.47 Å². The van der Waals surface area contributed by atoms with E-state index in [2.05, 4.69) is 23.8 Å². The molecule has 0 aromatic heterocycles. The molecule has 2 rings (SSSR count). The molecule has 0 saturated heterocycles. The summed E-state index contributed by atoms with van der Waals surface area (Å²) in [5, 5.41) is 27.7.